The van der Waals surface area contributed by atoms with E-state index in [9.17, 15) is 10.1 Å². The number of hydrogen-bond donors (Lipinski definition) is 1. The quantitative estimate of drug-likeness (QED) is 0.628. The number of hydrogen-bond acceptors (Lipinski definition) is 5. The first-order chi connectivity index (χ1) is 10.6. The molecule has 116 valence electrons. The van der Waals surface area contributed by atoms with Crippen LogP contribution in [-0.2, 0) is 6.61 Å². The first-order valence-electron chi connectivity index (χ1n) is 6.81. The molecule has 0 heterocycles. The van der Waals surface area contributed by atoms with Crippen LogP contribution < -0.4 is 9.47 Å². The summed E-state index contributed by atoms with van der Waals surface area (Å²) < 4.78 is 10.9. The van der Waals surface area contributed by atoms with E-state index in [1.165, 1.54) is 6.07 Å². The van der Waals surface area contributed by atoms with E-state index in [4.69, 9.17) is 14.6 Å². The molecular formula is C16H17NO5. The fraction of sp³-hybridized carbons (Fsp3) is 0.250. The van der Waals surface area contributed by atoms with Crippen LogP contribution in [0, 0.1) is 17.0 Å². The molecule has 2 aromatic rings. The predicted octanol–water partition coefficient (Wildman–Crippen LogP) is 2.85. The van der Waals surface area contributed by atoms with Crippen molar-refractivity contribution in [3.8, 4) is 11.5 Å². The Morgan fingerprint density at radius 3 is 2.32 bits per heavy atom. The van der Waals surface area contributed by atoms with E-state index in [1.54, 1.807) is 43.3 Å². The molecule has 6 heteroatoms. The molecule has 0 aliphatic rings. The Balaban J connectivity index is 2.01. The van der Waals surface area contributed by atoms with Gasteiger partial charge in [-0.05, 0) is 36.8 Å². The normalized spacial score (nSPS) is 10.3. The van der Waals surface area contributed by atoms with Crippen molar-refractivity contribution >= 4 is 5.69 Å². The summed E-state index contributed by atoms with van der Waals surface area (Å²) in [6, 6.07) is 11.9. The Labute approximate surface area is 128 Å². The molecule has 22 heavy (non-hydrogen) atoms. The second-order valence-corrected chi connectivity index (χ2v) is 4.65. The fourth-order valence-corrected chi connectivity index (χ4v) is 1.98. The van der Waals surface area contributed by atoms with Crippen molar-refractivity contribution in [2.24, 2.45) is 0 Å². The highest BCUT2D eigenvalue weighted by Crippen LogP contribution is 2.23. The van der Waals surface area contributed by atoms with E-state index in [2.05, 4.69) is 0 Å². The average Bonchev–Trinajstić information content (AvgIpc) is 2.52. The molecule has 0 aromatic heterocycles. The molecule has 0 bridgehead atoms. The minimum Gasteiger partial charge on any atom is -0.491 e. The number of nitro groups is 1. The highest BCUT2D eigenvalue weighted by molar-refractivity contribution is 5.44. The van der Waals surface area contributed by atoms with Gasteiger partial charge in [-0.1, -0.05) is 12.1 Å². The number of nitro benzene ring substituents is 1. The van der Waals surface area contributed by atoms with E-state index in [1.807, 2.05) is 0 Å². The standard InChI is InChI=1S/C16H17NO5/c1-12-13(3-2-4-16(12)17(19)20)11-22-15-7-5-14(6-8-15)21-10-9-18/h2-8,18H,9-11H2,1H3. The number of benzene rings is 2. The van der Waals surface area contributed by atoms with Crippen molar-refractivity contribution in [3.05, 3.63) is 63.7 Å². The van der Waals surface area contributed by atoms with Gasteiger partial charge in [-0.25, -0.2) is 0 Å². The molecule has 6 nitrogen and oxygen atoms in total. The second-order valence-electron chi connectivity index (χ2n) is 4.65. The maximum absolute atomic E-state index is 10.9. The highest BCUT2D eigenvalue weighted by Gasteiger charge is 2.13. The van der Waals surface area contributed by atoms with Gasteiger partial charge in [0.25, 0.3) is 5.69 Å². The van der Waals surface area contributed by atoms with E-state index in [0.29, 0.717) is 17.1 Å². The minimum absolute atomic E-state index is 0.0374. The third-order valence-corrected chi connectivity index (χ3v) is 3.19. The largest absolute Gasteiger partial charge is 0.491 e. The SMILES string of the molecule is Cc1c(COc2ccc(OCCO)cc2)cccc1[N+](=O)[O-]. The lowest BCUT2D eigenvalue weighted by Crippen LogP contribution is -2.02. The third kappa shape index (κ3) is 3.95. The molecular weight excluding hydrogens is 286 g/mol. The third-order valence-electron chi connectivity index (χ3n) is 3.19. The molecule has 2 aromatic carbocycles. The van der Waals surface area contributed by atoms with Gasteiger partial charge < -0.3 is 14.6 Å². The molecule has 0 spiro atoms. The average molecular weight is 303 g/mol. The predicted molar refractivity (Wildman–Crippen MR) is 81.2 cm³/mol. The molecule has 0 aliphatic carbocycles. The smallest absolute Gasteiger partial charge is 0.272 e. The monoisotopic (exact) mass is 303 g/mol. The number of nitrogens with zero attached hydrogens (tertiary/aromatic N) is 1. The second kappa shape index (κ2) is 7.42. The summed E-state index contributed by atoms with van der Waals surface area (Å²) in [5, 5.41) is 19.6. The molecule has 0 radical (unpaired) electrons. The van der Waals surface area contributed by atoms with Gasteiger partial charge in [0.15, 0.2) is 0 Å². The van der Waals surface area contributed by atoms with Gasteiger partial charge in [0.1, 0.15) is 24.7 Å². The summed E-state index contributed by atoms with van der Waals surface area (Å²) in [5.74, 6) is 1.29. The summed E-state index contributed by atoms with van der Waals surface area (Å²) in [6.45, 7) is 2.17. The van der Waals surface area contributed by atoms with Crippen LogP contribution in [0.25, 0.3) is 0 Å². The maximum atomic E-state index is 10.9. The maximum Gasteiger partial charge on any atom is 0.272 e. The highest BCUT2D eigenvalue weighted by atomic mass is 16.6. The number of rotatable bonds is 7. The van der Waals surface area contributed by atoms with E-state index in [0.717, 1.165) is 5.56 Å². The van der Waals surface area contributed by atoms with Gasteiger partial charge in [0.05, 0.1) is 11.5 Å². The fourth-order valence-electron chi connectivity index (χ4n) is 1.98. The minimum atomic E-state index is -0.397. The van der Waals surface area contributed by atoms with Crippen molar-refractivity contribution in [2.75, 3.05) is 13.2 Å². The molecule has 0 saturated heterocycles. The molecule has 0 saturated carbocycles. The van der Waals surface area contributed by atoms with Crippen LogP contribution >= 0.6 is 0 Å². The van der Waals surface area contributed by atoms with Gasteiger partial charge >= 0.3 is 0 Å². The lowest BCUT2D eigenvalue weighted by molar-refractivity contribution is -0.385. The zero-order valence-corrected chi connectivity index (χ0v) is 12.2. The summed E-state index contributed by atoms with van der Waals surface area (Å²) in [4.78, 5) is 10.5. The topological polar surface area (TPSA) is 81.8 Å². The molecule has 1 N–H and O–H groups in total. The Morgan fingerprint density at radius 1 is 1.09 bits per heavy atom. The summed E-state index contributed by atoms with van der Waals surface area (Å²) in [7, 11) is 0. The van der Waals surface area contributed by atoms with Gasteiger partial charge in [0.2, 0.25) is 0 Å². The van der Waals surface area contributed by atoms with E-state index >= 15 is 0 Å². The first kappa shape index (κ1) is 15.8. The first-order valence-corrected chi connectivity index (χ1v) is 6.81. The lowest BCUT2D eigenvalue weighted by Gasteiger charge is -2.10. The molecule has 0 aliphatic heterocycles. The summed E-state index contributed by atoms with van der Waals surface area (Å²) in [6.07, 6.45) is 0. The molecule has 0 amide bonds. The zero-order chi connectivity index (χ0) is 15.9. The van der Waals surface area contributed by atoms with E-state index in [-0.39, 0.29) is 25.5 Å². The number of ether oxygens (including phenoxy) is 2. The summed E-state index contributed by atoms with van der Waals surface area (Å²) in [5.41, 5.74) is 1.47. The summed E-state index contributed by atoms with van der Waals surface area (Å²) >= 11 is 0. The van der Waals surface area contributed by atoms with E-state index < -0.39 is 4.92 Å². The Morgan fingerprint density at radius 2 is 1.73 bits per heavy atom. The van der Waals surface area contributed by atoms with Gasteiger partial charge in [0, 0.05) is 11.6 Å². The van der Waals surface area contributed by atoms with Crippen LogP contribution in [0.1, 0.15) is 11.1 Å². The van der Waals surface area contributed by atoms with Gasteiger partial charge in [-0.15, -0.1) is 0 Å². The Kier molecular flexibility index (Phi) is 5.32. The van der Waals surface area contributed by atoms with Crippen molar-refractivity contribution in [1.29, 1.82) is 0 Å². The number of aliphatic hydroxyl groups is 1. The van der Waals surface area contributed by atoms with Crippen molar-refractivity contribution in [3.63, 3.8) is 0 Å². The van der Waals surface area contributed by atoms with Gasteiger partial charge in [-0.2, -0.15) is 0 Å². The Hall–Kier alpha value is -2.60. The molecule has 2 rings (SSSR count). The molecule has 0 fully saturated rings. The van der Waals surface area contributed by atoms with Crippen LogP contribution in [0.4, 0.5) is 5.69 Å². The van der Waals surface area contributed by atoms with Crippen LogP contribution in [-0.4, -0.2) is 23.2 Å². The van der Waals surface area contributed by atoms with Crippen LogP contribution in [0.3, 0.4) is 0 Å². The Bertz CT molecular complexity index is 639. The van der Waals surface area contributed by atoms with Crippen LogP contribution in [0.5, 0.6) is 11.5 Å². The zero-order valence-electron chi connectivity index (χ0n) is 12.2. The van der Waals surface area contributed by atoms with Crippen LogP contribution in [0.15, 0.2) is 42.5 Å². The molecule has 0 unspecified atom stereocenters. The van der Waals surface area contributed by atoms with Crippen molar-refractivity contribution in [2.45, 2.75) is 13.5 Å². The lowest BCUT2D eigenvalue weighted by atomic mass is 10.1. The molecule has 0 atom stereocenters. The van der Waals surface area contributed by atoms with Crippen molar-refractivity contribution < 1.29 is 19.5 Å². The van der Waals surface area contributed by atoms with Crippen molar-refractivity contribution in [1.82, 2.24) is 0 Å². The van der Waals surface area contributed by atoms with Gasteiger partial charge in [-0.3, -0.25) is 10.1 Å². The number of aliphatic hydroxyl groups excluding tert-OH is 1. The van der Waals surface area contributed by atoms with Crippen LogP contribution in [0.2, 0.25) is 0 Å².